The van der Waals surface area contributed by atoms with Crippen LogP contribution in [0, 0.1) is 5.41 Å². The molecule has 0 aromatic heterocycles. The van der Waals surface area contributed by atoms with Crippen molar-refractivity contribution in [3.8, 4) is 0 Å². The van der Waals surface area contributed by atoms with Crippen LogP contribution in [0.5, 0.6) is 0 Å². The third-order valence-corrected chi connectivity index (χ3v) is 4.41. The van der Waals surface area contributed by atoms with Crippen LogP contribution in [0.2, 0.25) is 0 Å². The van der Waals surface area contributed by atoms with Crippen molar-refractivity contribution in [3.63, 3.8) is 0 Å². The Labute approximate surface area is 87.1 Å². The maximum absolute atomic E-state index is 3.75. The van der Waals surface area contributed by atoms with Gasteiger partial charge in [0.1, 0.15) is 0 Å². The van der Waals surface area contributed by atoms with Crippen LogP contribution in [0.3, 0.4) is 0 Å². The van der Waals surface area contributed by atoms with Gasteiger partial charge >= 0.3 is 0 Å². The minimum absolute atomic E-state index is 0.450. The minimum Gasteiger partial charge on any atom is -0.310 e. The summed E-state index contributed by atoms with van der Waals surface area (Å²) in [5, 5.41) is 3.75. The summed E-state index contributed by atoms with van der Waals surface area (Å²) in [6.45, 7) is 9.36. The van der Waals surface area contributed by atoms with Crippen molar-refractivity contribution in [2.24, 2.45) is 5.41 Å². The highest BCUT2D eigenvalue weighted by atomic mass is 32.2. The fourth-order valence-electron chi connectivity index (χ4n) is 1.63. The predicted molar refractivity (Wildman–Crippen MR) is 62.4 cm³/mol. The maximum Gasteiger partial charge on any atom is 0.0211 e. The van der Waals surface area contributed by atoms with Crippen LogP contribution in [0.15, 0.2) is 0 Å². The van der Waals surface area contributed by atoms with Crippen LogP contribution in [0.1, 0.15) is 40.5 Å². The minimum atomic E-state index is 0.450. The zero-order valence-electron chi connectivity index (χ0n) is 9.39. The average molecular weight is 201 g/mol. The van der Waals surface area contributed by atoms with Gasteiger partial charge in [-0.25, -0.2) is 0 Å². The second-order valence-electron chi connectivity index (χ2n) is 4.83. The van der Waals surface area contributed by atoms with Crippen molar-refractivity contribution in [3.05, 3.63) is 0 Å². The summed E-state index contributed by atoms with van der Waals surface area (Å²) in [7, 11) is 0. The standard InChI is InChI=1S/C11H23NS/c1-5-11(3,4)10-8-13-7-6-9(2)12-10/h9-10,12H,5-8H2,1-4H3. The van der Waals surface area contributed by atoms with Crippen LogP contribution >= 0.6 is 11.8 Å². The Hall–Kier alpha value is 0.310. The first-order valence-corrected chi connectivity index (χ1v) is 6.55. The van der Waals surface area contributed by atoms with E-state index in [0.717, 1.165) is 0 Å². The van der Waals surface area contributed by atoms with E-state index in [1.807, 2.05) is 0 Å². The van der Waals surface area contributed by atoms with Gasteiger partial charge in [-0.3, -0.25) is 0 Å². The molecule has 1 saturated heterocycles. The Morgan fingerprint density at radius 1 is 1.46 bits per heavy atom. The molecule has 1 aliphatic heterocycles. The third kappa shape index (κ3) is 3.17. The molecule has 1 N–H and O–H groups in total. The molecule has 0 amide bonds. The molecule has 0 aliphatic carbocycles. The Morgan fingerprint density at radius 3 is 2.77 bits per heavy atom. The summed E-state index contributed by atoms with van der Waals surface area (Å²) in [5.41, 5.74) is 0.450. The summed E-state index contributed by atoms with van der Waals surface area (Å²) >= 11 is 2.11. The SMILES string of the molecule is CCC(C)(C)C1CSCCC(C)N1. The molecular weight excluding hydrogens is 178 g/mol. The van der Waals surface area contributed by atoms with Crippen LogP contribution < -0.4 is 5.32 Å². The van der Waals surface area contributed by atoms with Gasteiger partial charge in [0.05, 0.1) is 0 Å². The van der Waals surface area contributed by atoms with E-state index < -0.39 is 0 Å². The van der Waals surface area contributed by atoms with Gasteiger partial charge in [0.2, 0.25) is 0 Å². The number of hydrogen-bond donors (Lipinski definition) is 1. The van der Waals surface area contributed by atoms with E-state index in [1.165, 1.54) is 24.3 Å². The second kappa shape index (κ2) is 4.70. The Balaban J connectivity index is 2.56. The van der Waals surface area contributed by atoms with E-state index in [4.69, 9.17) is 0 Å². The monoisotopic (exact) mass is 201 g/mol. The molecule has 1 fully saturated rings. The summed E-state index contributed by atoms with van der Waals surface area (Å²) in [6.07, 6.45) is 2.58. The lowest BCUT2D eigenvalue weighted by Gasteiger charge is -2.34. The smallest absolute Gasteiger partial charge is 0.0211 e. The molecule has 2 atom stereocenters. The van der Waals surface area contributed by atoms with Gasteiger partial charge < -0.3 is 5.32 Å². The van der Waals surface area contributed by atoms with Crippen LogP contribution in [-0.2, 0) is 0 Å². The molecule has 1 rings (SSSR count). The van der Waals surface area contributed by atoms with Gasteiger partial charge in [-0.1, -0.05) is 20.8 Å². The number of nitrogens with one attached hydrogen (secondary N) is 1. The largest absolute Gasteiger partial charge is 0.310 e. The molecule has 1 nitrogen and oxygen atoms in total. The lowest BCUT2D eigenvalue weighted by atomic mass is 9.82. The second-order valence-corrected chi connectivity index (χ2v) is 5.98. The maximum atomic E-state index is 3.75. The summed E-state index contributed by atoms with van der Waals surface area (Å²) < 4.78 is 0. The molecule has 2 unspecified atom stereocenters. The Bertz CT molecular complexity index is 156. The molecule has 1 heterocycles. The van der Waals surface area contributed by atoms with Crippen molar-refractivity contribution < 1.29 is 0 Å². The average Bonchev–Trinajstić information content (AvgIpc) is 2.30. The first-order valence-electron chi connectivity index (χ1n) is 5.40. The van der Waals surface area contributed by atoms with E-state index in [9.17, 15) is 0 Å². The van der Waals surface area contributed by atoms with Crippen molar-refractivity contribution in [1.82, 2.24) is 5.32 Å². The highest BCUT2D eigenvalue weighted by molar-refractivity contribution is 7.99. The first kappa shape index (κ1) is 11.4. The summed E-state index contributed by atoms with van der Waals surface area (Å²) in [6, 6.07) is 1.39. The fraction of sp³-hybridized carbons (Fsp3) is 1.00. The molecule has 78 valence electrons. The lowest BCUT2D eigenvalue weighted by molar-refractivity contribution is 0.237. The Kier molecular flexibility index (Phi) is 4.11. The van der Waals surface area contributed by atoms with Gasteiger partial charge in [0.25, 0.3) is 0 Å². The quantitative estimate of drug-likeness (QED) is 0.737. The van der Waals surface area contributed by atoms with E-state index in [1.54, 1.807) is 0 Å². The van der Waals surface area contributed by atoms with Crippen molar-refractivity contribution in [1.29, 1.82) is 0 Å². The highest BCUT2D eigenvalue weighted by Gasteiger charge is 2.29. The molecule has 0 aromatic carbocycles. The highest BCUT2D eigenvalue weighted by Crippen LogP contribution is 2.29. The molecule has 1 aliphatic rings. The van der Waals surface area contributed by atoms with E-state index in [-0.39, 0.29) is 0 Å². The summed E-state index contributed by atoms with van der Waals surface area (Å²) in [5.74, 6) is 2.61. The van der Waals surface area contributed by atoms with Crippen LogP contribution in [-0.4, -0.2) is 23.6 Å². The number of rotatable bonds is 2. The fourth-order valence-corrected chi connectivity index (χ4v) is 3.10. The zero-order chi connectivity index (χ0) is 9.90. The molecular formula is C11H23NS. The van der Waals surface area contributed by atoms with E-state index >= 15 is 0 Å². The van der Waals surface area contributed by atoms with Crippen molar-refractivity contribution in [2.45, 2.75) is 52.6 Å². The first-order chi connectivity index (χ1) is 6.06. The number of thioether (sulfide) groups is 1. The third-order valence-electron chi connectivity index (χ3n) is 3.32. The van der Waals surface area contributed by atoms with Crippen LogP contribution in [0.4, 0.5) is 0 Å². The Morgan fingerprint density at radius 2 is 2.15 bits per heavy atom. The van der Waals surface area contributed by atoms with Gasteiger partial charge in [-0.05, 0) is 30.9 Å². The van der Waals surface area contributed by atoms with Crippen LogP contribution in [0.25, 0.3) is 0 Å². The normalized spacial score (nSPS) is 31.4. The van der Waals surface area contributed by atoms with Gasteiger partial charge in [-0.2, -0.15) is 11.8 Å². The topological polar surface area (TPSA) is 12.0 Å². The predicted octanol–water partition coefficient (Wildman–Crippen LogP) is 2.91. The van der Waals surface area contributed by atoms with Gasteiger partial charge in [0, 0.05) is 17.8 Å². The van der Waals surface area contributed by atoms with E-state index in [0.29, 0.717) is 17.5 Å². The number of hydrogen-bond acceptors (Lipinski definition) is 2. The molecule has 0 radical (unpaired) electrons. The zero-order valence-corrected chi connectivity index (χ0v) is 10.2. The molecule has 2 heteroatoms. The van der Waals surface area contributed by atoms with Gasteiger partial charge in [0.15, 0.2) is 0 Å². The summed E-state index contributed by atoms with van der Waals surface area (Å²) in [4.78, 5) is 0. The lowest BCUT2D eigenvalue weighted by Crippen LogP contribution is -2.46. The molecule has 0 saturated carbocycles. The molecule has 0 spiro atoms. The van der Waals surface area contributed by atoms with Crippen molar-refractivity contribution in [2.75, 3.05) is 11.5 Å². The van der Waals surface area contributed by atoms with Crippen molar-refractivity contribution >= 4 is 11.8 Å². The molecule has 0 aromatic rings. The van der Waals surface area contributed by atoms with Gasteiger partial charge in [-0.15, -0.1) is 0 Å². The van der Waals surface area contributed by atoms with E-state index in [2.05, 4.69) is 44.8 Å². The molecule has 13 heavy (non-hydrogen) atoms. The molecule has 0 bridgehead atoms.